The number of rotatable bonds is 5. The van der Waals surface area contributed by atoms with E-state index in [0.717, 1.165) is 0 Å². The molecule has 0 spiro atoms. The zero-order chi connectivity index (χ0) is 15.2. The summed E-state index contributed by atoms with van der Waals surface area (Å²) >= 11 is 0. The molecule has 0 aliphatic heterocycles. The number of nitrogens with one attached hydrogen (secondary N) is 1. The molecule has 1 aromatic heterocycles. The van der Waals surface area contributed by atoms with E-state index in [1.54, 1.807) is 43.6 Å². The molecule has 0 atom stereocenters. The maximum Gasteiger partial charge on any atom is 0.255 e. The molecule has 6 heteroatoms. The van der Waals surface area contributed by atoms with Crippen molar-refractivity contribution in [2.75, 3.05) is 24.8 Å². The average molecular weight is 287 g/mol. The molecule has 2 aromatic rings. The molecule has 1 amide bonds. The number of pyridine rings is 1. The number of benzene rings is 1. The lowest BCUT2D eigenvalue weighted by Gasteiger charge is -2.09. The SMILES string of the molecule is COCCn1cc(NC(=O)c2ccc(N)cc2)ccc1=O. The number of anilines is 2. The van der Waals surface area contributed by atoms with Crippen LogP contribution < -0.4 is 16.6 Å². The Kier molecular flexibility index (Phi) is 4.73. The molecule has 1 aromatic carbocycles. The van der Waals surface area contributed by atoms with E-state index in [4.69, 9.17) is 10.5 Å². The van der Waals surface area contributed by atoms with Gasteiger partial charge in [-0.3, -0.25) is 9.59 Å². The normalized spacial score (nSPS) is 10.3. The number of hydrogen-bond acceptors (Lipinski definition) is 4. The van der Waals surface area contributed by atoms with E-state index in [1.807, 2.05) is 0 Å². The topological polar surface area (TPSA) is 86.3 Å². The molecule has 2 rings (SSSR count). The van der Waals surface area contributed by atoms with Crippen LogP contribution in [0.15, 0.2) is 47.4 Å². The Morgan fingerprint density at radius 3 is 2.62 bits per heavy atom. The van der Waals surface area contributed by atoms with Gasteiger partial charge in [-0.15, -0.1) is 0 Å². The smallest absolute Gasteiger partial charge is 0.255 e. The third-order valence-electron chi connectivity index (χ3n) is 2.95. The van der Waals surface area contributed by atoms with Crippen molar-refractivity contribution in [3.05, 3.63) is 58.5 Å². The van der Waals surface area contributed by atoms with Crippen LogP contribution >= 0.6 is 0 Å². The third kappa shape index (κ3) is 3.93. The number of amides is 1. The molecule has 0 aliphatic carbocycles. The zero-order valence-corrected chi connectivity index (χ0v) is 11.7. The Labute approximate surface area is 122 Å². The van der Waals surface area contributed by atoms with Gasteiger partial charge in [0.25, 0.3) is 11.5 Å². The lowest BCUT2D eigenvalue weighted by atomic mass is 10.2. The molecule has 6 nitrogen and oxygen atoms in total. The molecule has 0 bridgehead atoms. The van der Waals surface area contributed by atoms with E-state index in [-0.39, 0.29) is 11.5 Å². The van der Waals surface area contributed by atoms with Crippen LogP contribution in [-0.4, -0.2) is 24.2 Å². The average Bonchev–Trinajstić information content (AvgIpc) is 2.48. The van der Waals surface area contributed by atoms with Crippen molar-refractivity contribution in [2.45, 2.75) is 6.54 Å². The van der Waals surface area contributed by atoms with Crippen LogP contribution in [0.2, 0.25) is 0 Å². The van der Waals surface area contributed by atoms with Crippen molar-refractivity contribution in [1.29, 1.82) is 0 Å². The van der Waals surface area contributed by atoms with Crippen molar-refractivity contribution < 1.29 is 9.53 Å². The standard InChI is InChI=1S/C15H17N3O3/c1-21-9-8-18-10-13(6-7-14(18)19)17-15(20)11-2-4-12(16)5-3-11/h2-7,10H,8-9,16H2,1H3,(H,17,20). The van der Waals surface area contributed by atoms with Crippen LogP contribution in [0.5, 0.6) is 0 Å². The lowest BCUT2D eigenvalue weighted by molar-refractivity contribution is 0.102. The Balaban J connectivity index is 2.13. The quantitative estimate of drug-likeness (QED) is 0.812. The first-order valence-electron chi connectivity index (χ1n) is 6.46. The highest BCUT2D eigenvalue weighted by molar-refractivity contribution is 6.04. The first-order valence-corrected chi connectivity index (χ1v) is 6.46. The van der Waals surface area contributed by atoms with E-state index in [1.165, 1.54) is 10.6 Å². The molecular weight excluding hydrogens is 270 g/mol. The van der Waals surface area contributed by atoms with E-state index >= 15 is 0 Å². The van der Waals surface area contributed by atoms with Gasteiger partial charge in [0.2, 0.25) is 0 Å². The van der Waals surface area contributed by atoms with Gasteiger partial charge in [-0.05, 0) is 30.3 Å². The van der Waals surface area contributed by atoms with Gasteiger partial charge in [0.05, 0.1) is 12.3 Å². The summed E-state index contributed by atoms with van der Waals surface area (Å²) in [4.78, 5) is 23.7. The third-order valence-corrected chi connectivity index (χ3v) is 2.95. The fraction of sp³-hybridized carbons (Fsp3) is 0.200. The number of methoxy groups -OCH3 is 1. The van der Waals surface area contributed by atoms with Gasteiger partial charge < -0.3 is 20.4 Å². The summed E-state index contributed by atoms with van der Waals surface area (Å²) in [5.41, 5.74) is 7.08. The summed E-state index contributed by atoms with van der Waals surface area (Å²) in [6, 6.07) is 9.59. The van der Waals surface area contributed by atoms with Gasteiger partial charge in [-0.1, -0.05) is 0 Å². The highest BCUT2D eigenvalue weighted by Crippen LogP contribution is 2.09. The fourth-order valence-corrected chi connectivity index (χ4v) is 1.81. The fourth-order valence-electron chi connectivity index (χ4n) is 1.81. The van der Waals surface area contributed by atoms with Gasteiger partial charge in [0.1, 0.15) is 0 Å². The minimum absolute atomic E-state index is 0.141. The lowest BCUT2D eigenvalue weighted by Crippen LogP contribution is -2.22. The van der Waals surface area contributed by atoms with Crippen molar-refractivity contribution in [3.63, 3.8) is 0 Å². The molecule has 1 heterocycles. The first-order chi connectivity index (χ1) is 10.1. The second-order valence-corrected chi connectivity index (χ2v) is 4.52. The van der Waals surface area contributed by atoms with Crippen molar-refractivity contribution in [2.24, 2.45) is 0 Å². The van der Waals surface area contributed by atoms with Gasteiger partial charge in [-0.2, -0.15) is 0 Å². The second-order valence-electron chi connectivity index (χ2n) is 4.52. The van der Waals surface area contributed by atoms with Gasteiger partial charge in [0, 0.05) is 37.2 Å². The zero-order valence-electron chi connectivity index (χ0n) is 11.7. The van der Waals surface area contributed by atoms with E-state index in [2.05, 4.69) is 5.32 Å². The molecule has 21 heavy (non-hydrogen) atoms. The summed E-state index contributed by atoms with van der Waals surface area (Å²) in [5, 5.41) is 2.74. The predicted octanol–water partition coefficient (Wildman–Crippen LogP) is 1.33. The van der Waals surface area contributed by atoms with Crippen LogP contribution in [0.25, 0.3) is 0 Å². The molecule has 0 aliphatic rings. The van der Waals surface area contributed by atoms with Crippen molar-refractivity contribution >= 4 is 17.3 Å². The highest BCUT2D eigenvalue weighted by atomic mass is 16.5. The Morgan fingerprint density at radius 2 is 1.95 bits per heavy atom. The first kappa shape index (κ1) is 14.8. The summed E-state index contributed by atoms with van der Waals surface area (Å²) in [6.07, 6.45) is 1.59. The Bertz CT molecular complexity index is 677. The van der Waals surface area contributed by atoms with Crippen molar-refractivity contribution in [3.8, 4) is 0 Å². The second kappa shape index (κ2) is 6.71. The summed E-state index contributed by atoms with van der Waals surface area (Å²) in [6.45, 7) is 0.857. The number of carbonyl (C=O) groups excluding carboxylic acids is 1. The highest BCUT2D eigenvalue weighted by Gasteiger charge is 2.06. The molecule has 3 N–H and O–H groups in total. The number of nitrogen functional groups attached to an aromatic ring is 1. The molecule has 0 unspecified atom stereocenters. The Morgan fingerprint density at radius 1 is 1.24 bits per heavy atom. The van der Waals surface area contributed by atoms with Crippen LogP contribution in [0.3, 0.4) is 0 Å². The number of aromatic nitrogens is 1. The Hall–Kier alpha value is -2.60. The molecule has 0 saturated heterocycles. The maximum atomic E-state index is 12.1. The largest absolute Gasteiger partial charge is 0.399 e. The molecule has 110 valence electrons. The molecular formula is C15H17N3O3. The molecule has 0 fully saturated rings. The number of carbonyl (C=O) groups is 1. The maximum absolute atomic E-state index is 12.1. The van der Waals surface area contributed by atoms with E-state index < -0.39 is 0 Å². The van der Waals surface area contributed by atoms with E-state index in [0.29, 0.717) is 30.1 Å². The van der Waals surface area contributed by atoms with Crippen LogP contribution in [-0.2, 0) is 11.3 Å². The molecule has 0 saturated carbocycles. The van der Waals surface area contributed by atoms with Gasteiger partial charge in [0.15, 0.2) is 0 Å². The number of nitrogens with zero attached hydrogens (tertiary/aromatic N) is 1. The molecule has 0 radical (unpaired) electrons. The monoisotopic (exact) mass is 287 g/mol. The summed E-state index contributed by atoms with van der Waals surface area (Å²) < 4.78 is 6.43. The van der Waals surface area contributed by atoms with Crippen LogP contribution in [0.4, 0.5) is 11.4 Å². The summed E-state index contributed by atoms with van der Waals surface area (Å²) in [7, 11) is 1.57. The summed E-state index contributed by atoms with van der Waals surface area (Å²) in [5.74, 6) is -0.257. The number of hydrogen-bond donors (Lipinski definition) is 2. The van der Waals surface area contributed by atoms with Crippen LogP contribution in [0.1, 0.15) is 10.4 Å². The van der Waals surface area contributed by atoms with E-state index in [9.17, 15) is 9.59 Å². The number of nitrogens with two attached hydrogens (primary N) is 1. The predicted molar refractivity (Wildman–Crippen MR) is 81.4 cm³/mol. The number of ether oxygens (including phenoxy) is 1. The minimum Gasteiger partial charge on any atom is -0.399 e. The van der Waals surface area contributed by atoms with Crippen LogP contribution in [0, 0.1) is 0 Å². The van der Waals surface area contributed by atoms with Gasteiger partial charge in [-0.25, -0.2) is 0 Å². The van der Waals surface area contributed by atoms with Gasteiger partial charge >= 0.3 is 0 Å². The minimum atomic E-state index is -0.257. The van der Waals surface area contributed by atoms with Crippen molar-refractivity contribution in [1.82, 2.24) is 4.57 Å².